The van der Waals surface area contributed by atoms with Gasteiger partial charge < -0.3 is 10.5 Å². The van der Waals surface area contributed by atoms with Crippen LogP contribution < -0.4 is 5.73 Å². The van der Waals surface area contributed by atoms with E-state index in [-0.39, 0.29) is 6.04 Å². The molecule has 1 aliphatic heterocycles. The summed E-state index contributed by atoms with van der Waals surface area (Å²) in [6.45, 7) is 1.01. The Hall–Kier alpha value is -1.35. The molecule has 0 bridgehead atoms. The summed E-state index contributed by atoms with van der Waals surface area (Å²) in [6.07, 6.45) is 0. The van der Waals surface area contributed by atoms with Crippen molar-refractivity contribution >= 4 is 5.90 Å². The van der Waals surface area contributed by atoms with Crippen molar-refractivity contribution < 1.29 is 4.74 Å². The molecule has 0 aliphatic carbocycles. The van der Waals surface area contributed by atoms with E-state index in [0.29, 0.717) is 19.0 Å². The second kappa shape index (κ2) is 3.58. The Morgan fingerprint density at radius 1 is 1.38 bits per heavy atom. The summed E-state index contributed by atoms with van der Waals surface area (Å²) >= 11 is 0. The van der Waals surface area contributed by atoms with E-state index in [1.54, 1.807) is 0 Å². The van der Waals surface area contributed by atoms with Gasteiger partial charge >= 0.3 is 0 Å². The minimum Gasteiger partial charge on any atom is -0.477 e. The van der Waals surface area contributed by atoms with Crippen LogP contribution in [0.15, 0.2) is 35.3 Å². The smallest absolute Gasteiger partial charge is 0.198 e. The minimum absolute atomic E-state index is 0.139. The third kappa shape index (κ3) is 1.70. The van der Waals surface area contributed by atoms with Crippen molar-refractivity contribution in [2.24, 2.45) is 10.7 Å². The van der Waals surface area contributed by atoms with Gasteiger partial charge in [0.1, 0.15) is 12.6 Å². The van der Waals surface area contributed by atoms with Crippen molar-refractivity contribution in [1.82, 2.24) is 0 Å². The largest absolute Gasteiger partial charge is 0.477 e. The lowest BCUT2D eigenvalue weighted by molar-refractivity contribution is 0.315. The highest BCUT2D eigenvalue weighted by Crippen LogP contribution is 2.21. The van der Waals surface area contributed by atoms with E-state index in [4.69, 9.17) is 10.5 Å². The van der Waals surface area contributed by atoms with E-state index >= 15 is 0 Å². The van der Waals surface area contributed by atoms with Gasteiger partial charge in [-0.1, -0.05) is 30.3 Å². The molecule has 3 nitrogen and oxygen atoms in total. The van der Waals surface area contributed by atoms with Crippen LogP contribution >= 0.6 is 0 Å². The van der Waals surface area contributed by atoms with Crippen LogP contribution in [0.1, 0.15) is 11.6 Å². The van der Waals surface area contributed by atoms with Gasteiger partial charge in [-0.05, 0) is 5.56 Å². The lowest BCUT2D eigenvalue weighted by atomic mass is 10.1. The Morgan fingerprint density at radius 3 is 2.77 bits per heavy atom. The molecule has 1 atom stereocenters. The molecule has 0 fully saturated rings. The maximum atomic E-state index is 5.42. The molecule has 0 radical (unpaired) electrons. The average Bonchev–Trinajstić information content (AvgIpc) is 2.67. The molecule has 1 aliphatic rings. The van der Waals surface area contributed by atoms with Crippen molar-refractivity contribution in [3.63, 3.8) is 0 Å². The first-order chi connectivity index (χ1) is 6.40. The number of nitrogens with zero attached hydrogens (tertiary/aromatic N) is 1. The predicted molar refractivity (Wildman–Crippen MR) is 51.6 cm³/mol. The summed E-state index contributed by atoms with van der Waals surface area (Å²) in [4.78, 5) is 4.35. The van der Waals surface area contributed by atoms with Crippen molar-refractivity contribution in [1.29, 1.82) is 0 Å². The molecule has 0 spiro atoms. The molecular formula is C10H12N2O. The number of aliphatic imine (C=N–C) groups is 1. The maximum absolute atomic E-state index is 5.42. The SMILES string of the molecule is NCC1=NC(c2ccccc2)CO1. The Morgan fingerprint density at radius 2 is 2.15 bits per heavy atom. The number of hydrogen-bond donors (Lipinski definition) is 1. The summed E-state index contributed by atoms with van der Waals surface area (Å²) < 4.78 is 5.29. The molecule has 1 unspecified atom stereocenters. The second-order valence-electron chi connectivity index (χ2n) is 2.96. The first kappa shape index (κ1) is 8.26. The zero-order chi connectivity index (χ0) is 9.10. The Labute approximate surface area is 77.2 Å². The molecule has 13 heavy (non-hydrogen) atoms. The third-order valence-electron chi connectivity index (χ3n) is 2.07. The van der Waals surface area contributed by atoms with Gasteiger partial charge in [-0.3, -0.25) is 0 Å². The zero-order valence-electron chi connectivity index (χ0n) is 7.31. The second-order valence-corrected chi connectivity index (χ2v) is 2.96. The molecule has 2 N–H and O–H groups in total. The molecule has 3 heteroatoms. The van der Waals surface area contributed by atoms with Crippen LogP contribution in [0.2, 0.25) is 0 Å². The Balaban J connectivity index is 2.16. The molecule has 0 saturated heterocycles. The fourth-order valence-electron chi connectivity index (χ4n) is 1.38. The number of benzene rings is 1. The van der Waals surface area contributed by atoms with Gasteiger partial charge in [0, 0.05) is 0 Å². The first-order valence-corrected chi connectivity index (χ1v) is 4.34. The third-order valence-corrected chi connectivity index (χ3v) is 2.07. The highest BCUT2D eigenvalue weighted by Gasteiger charge is 2.18. The highest BCUT2D eigenvalue weighted by atomic mass is 16.5. The monoisotopic (exact) mass is 176 g/mol. The molecule has 68 valence electrons. The number of ether oxygens (including phenoxy) is 1. The van der Waals surface area contributed by atoms with Gasteiger partial charge in [0.2, 0.25) is 0 Å². The summed E-state index contributed by atoms with van der Waals surface area (Å²) in [7, 11) is 0. The normalized spacial score (nSPS) is 21.0. The van der Waals surface area contributed by atoms with Crippen LogP contribution in [0, 0.1) is 0 Å². The summed E-state index contributed by atoms with van der Waals surface area (Å²) in [5.41, 5.74) is 6.60. The van der Waals surface area contributed by atoms with Crippen molar-refractivity contribution in [2.45, 2.75) is 6.04 Å². The van der Waals surface area contributed by atoms with E-state index in [1.165, 1.54) is 5.56 Å². The van der Waals surface area contributed by atoms with E-state index in [2.05, 4.69) is 17.1 Å². The summed E-state index contributed by atoms with van der Waals surface area (Å²) in [6, 6.07) is 10.2. The van der Waals surface area contributed by atoms with Crippen LogP contribution in [0.3, 0.4) is 0 Å². The van der Waals surface area contributed by atoms with Gasteiger partial charge in [-0.15, -0.1) is 0 Å². The lowest BCUT2D eigenvalue weighted by Gasteiger charge is -2.03. The fraction of sp³-hybridized carbons (Fsp3) is 0.300. The van der Waals surface area contributed by atoms with Crippen LogP contribution in [0.4, 0.5) is 0 Å². The van der Waals surface area contributed by atoms with E-state index in [1.807, 2.05) is 18.2 Å². The molecular weight excluding hydrogens is 164 g/mol. The summed E-state index contributed by atoms with van der Waals surface area (Å²) in [5.74, 6) is 0.661. The van der Waals surface area contributed by atoms with E-state index in [0.717, 1.165) is 0 Å². The molecule has 0 amide bonds. The molecule has 2 rings (SSSR count). The van der Waals surface area contributed by atoms with Gasteiger partial charge in [-0.25, -0.2) is 4.99 Å². The minimum atomic E-state index is 0.139. The molecule has 1 aromatic carbocycles. The molecule has 0 saturated carbocycles. The van der Waals surface area contributed by atoms with Crippen molar-refractivity contribution in [3.8, 4) is 0 Å². The number of hydrogen-bond acceptors (Lipinski definition) is 3. The Kier molecular flexibility index (Phi) is 2.27. The van der Waals surface area contributed by atoms with Gasteiger partial charge in [0.15, 0.2) is 5.90 Å². The van der Waals surface area contributed by atoms with Crippen LogP contribution in [0.5, 0.6) is 0 Å². The van der Waals surface area contributed by atoms with Gasteiger partial charge in [0.05, 0.1) is 6.54 Å². The van der Waals surface area contributed by atoms with Crippen LogP contribution in [-0.2, 0) is 4.74 Å². The molecule has 0 aromatic heterocycles. The fourth-order valence-corrected chi connectivity index (χ4v) is 1.38. The van der Waals surface area contributed by atoms with E-state index in [9.17, 15) is 0 Å². The lowest BCUT2D eigenvalue weighted by Crippen LogP contribution is -2.13. The van der Waals surface area contributed by atoms with Gasteiger partial charge in [0.25, 0.3) is 0 Å². The Bertz CT molecular complexity index is 308. The topological polar surface area (TPSA) is 47.6 Å². The quantitative estimate of drug-likeness (QED) is 0.733. The van der Waals surface area contributed by atoms with Crippen molar-refractivity contribution in [2.75, 3.05) is 13.2 Å². The zero-order valence-corrected chi connectivity index (χ0v) is 7.31. The molecule has 1 aromatic rings. The maximum Gasteiger partial charge on any atom is 0.198 e. The van der Waals surface area contributed by atoms with Crippen LogP contribution in [-0.4, -0.2) is 19.0 Å². The number of rotatable bonds is 2. The summed E-state index contributed by atoms with van der Waals surface area (Å²) in [5, 5.41) is 0. The predicted octanol–water partition coefficient (Wildman–Crippen LogP) is 1.12. The highest BCUT2D eigenvalue weighted by molar-refractivity contribution is 5.79. The molecule has 1 heterocycles. The average molecular weight is 176 g/mol. The standard InChI is InChI=1S/C10H12N2O/c11-6-10-12-9(7-13-10)8-4-2-1-3-5-8/h1-5,9H,6-7,11H2. The first-order valence-electron chi connectivity index (χ1n) is 4.34. The van der Waals surface area contributed by atoms with Crippen LogP contribution in [0.25, 0.3) is 0 Å². The van der Waals surface area contributed by atoms with E-state index < -0.39 is 0 Å². The number of nitrogens with two attached hydrogens (primary N) is 1. The van der Waals surface area contributed by atoms with Crippen molar-refractivity contribution in [3.05, 3.63) is 35.9 Å². The van der Waals surface area contributed by atoms with Gasteiger partial charge in [-0.2, -0.15) is 0 Å².